The number of halogens is 1. The summed E-state index contributed by atoms with van der Waals surface area (Å²) in [5.74, 6) is -0.493. The van der Waals surface area contributed by atoms with E-state index in [1.54, 1.807) is 24.3 Å². The van der Waals surface area contributed by atoms with E-state index < -0.39 is 11.4 Å². The molecule has 0 aliphatic heterocycles. The summed E-state index contributed by atoms with van der Waals surface area (Å²) in [6.45, 7) is 0. The Morgan fingerprint density at radius 1 is 1.24 bits per heavy atom. The molecule has 88 valence electrons. The zero-order valence-electron chi connectivity index (χ0n) is 9.31. The number of hydrogen-bond donors (Lipinski definition) is 0. The van der Waals surface area contributed by atoms with Crippen LogP contribution in [-0.2, 0) is 14.1 Å². The van der Waals surface area contributed by atoms with E-state index >= 15 is 0 Å². The van der Waals surface area contributed by atoms with Gasteiger partial charge in [0.05, 0.1) is 19.7 Å². The van der Waals surface area contributed by atoms with Crippen molar-refractivity contribution >= 4 is 11.6 Å². The van der Waals surface area contributed by atoms with Crippen LogP contribution in [0.1, 0.15) is 0 Å². The average Bonchev–Trinajstić information content (AvgIpc) is 2.32. The summed E-state index contributed by atoms with van der Waals surface area (Å²) in [4.78, 5) is 23.1. The molecule has 0 bridgehead atoms. The normalized spacial score (nSPS) is 10.5. The van der Waals surface area contributed by atoms with Crippen molar-refractivity contribution in [1.82, 2.24) is 4.57 Å². The van der Waals surface area contributed by atoms with Crippen LogP contribution in [0.3, 0.4) is 0 Å². The molecular formula is C11H10ClN2O3+. The highest BCUT2D eigenvalue weighted by Gasteiger charge is 2.18. The lowest BCUT2D eigenvalue weighted by Gasteiger charge is -2.00. The maximum atomic E-state index is 11.7. The zero-order chi connectivity index (χ0) is 12.6. The van der Waals surface area contributed by atoms with Crippen LogP contribution < -0.4 is 16.0 Å². The summed E-state index contributed by atoms with van der Waals surface area (Å²) in [7, 11) is 2.90. The predicted octanol–water partition coefficient (Wildman–Crippen LogP) is 0.483. The molecule has 0 unspecified atom stereocenters. The van der Waals surface area contributed by atoms with E-state index in [1.165, 1.54) is 18.7 Å². The van der Waals surface area contributed by atoms with Gasteiger partial charge in [0.15, 0.2) is 0 Å². The van der Waals surface area contributed by atoms with Gasteiger partial charge in [-0.05, 0) is 24.3 Å². The quantitative estimate of drug-likeness (QED) is 0.695. The van der Waals surface area contributed by atoms with E-state index in [-0.39, 0.29) is 5.89 Å². The van der Waals surface area contributed by atoms with Gasteiger partial charge < -0.3 is 4.42 Å². The van der Waals surface area contributed by atoms with E-state index in [4.69, 9.17) is 16.0 Å². The lowest BCUT2D eigenvalue weighted by molar-refractivity contribution is -0.690. The molecule has 0 N–H and O–H groups in total. The van der Waals surface area contributed by atoms with E-state index in [2.05, 4.69) is 0 Å². The highest BCUT2D eigenvalue weighted by Crippen LogP contribution is 2.16. The van der Waals surface area contributed by atoms with Crippen LogP contribution in [0.25, 0.3) is 11.5 Å². The molecule has 2 rings (SSSR count). The first-order valence-electron chi connectivity index (χ1n) is 4.87. The minimum atomic E-state index is -0.696. The van der Waals surface area contributed by atoms with Gasteiger partial charge in [0.1, 0.15) is 0 Å². The molecule has 6 heteroatoms. The molecular weight excluding hydrogens is 244 g/mol. The standard InChI is InChI=1S/C11H10ClN2O3/c1-13-9(7-3-5-8(12)6-4-7)17-11(16)14(2)10(13)15/h3-6H,1-2H3/q+1. The molecule has 2 aromatic rings. The average molecular weight is 254 g/mol. The number of nitrogens with zero attached hydrogens (tertiary/aromatic N) is 2. The van der Waals surface area contributed by atoms with Gasteiger partial charge in [0.2, 0.25) is 0 Å². The maximum Gasteiger partial charge on any atom is 0.518 e. The first kappa shape index (κ1) is 11.6. The summed E-state index contributed by atoms with van der Waals surface area (Å²) >= 11 is 5.76. The lowest BCUT2D eigenvalue weighted by atomic mass is 10.2. The fourth-order valence-corrected chi connectivity index (χ4v) is 1.58. The second-order valence-corrected chi connectivity index (χ2v) is 4.02. The zero-order valence-corrected chi connectivity index (χ0v) is 10.1. The number of rotatable bonds is 1. The van der Waals surface area contributed by atoms with Gasteiger partial charge >= 0.3 is 17.3 Å². The molecule has 0 saturated heterocycles. The van der Waals surface area contributed by atoms with E-state index in [0.717, 1.165) is 4.57 Å². The fraction of sp³-hybridized carbons (Fsp3) is 0.182. The topological polar surface area (TPSA) is 56.1 Å². The molecule has 0 amide bonds. The van der Waals surface area contributed by atoms with Crippen molar-refractivity contribution in [2.75, 3.05) is 0 Å². The molecule has 0 saturated carbocycles. The predicted molar refractivity (Wildman–Crippen MR) is 61.8 cm³/mol. The van der Waals surface area contributed by atoms with Crippen LogP contribution in [0, 0.1) is 0 Å². The molecule has 17 heavy (non-hydrogen) atoms. The molecule has 1 aromatic heterocycles. The largest absolute Gasteiger partial charge is 0.518 e. The van der Waals surface area contributed by atoms with Gasteiger partial charge in [-0.1, -0.05) is 11.6 Å². The van der Waals surface area contributed by atoms with Gasteiger partial charge in [-0.25, -0.2) is 0 Å². The van der Waals surface area contributed by atoms with E-state index in [9.17, 15) is 9.59 Å². The summed E-state index contributed by atoms with van der Waals surface area (Å²) in [6.07, 6.45) is 0. The van der Waals surface area contributed by atoms with Gasteiger partial charge in [-0.3, -0.25) is 0 Å². The second-order valence-electron chi connectivity index (χ2n) is 3.58. The first-order chi connectivity index (χ1) is 8.00. The highest BCUT2D eigenvalue weighted by atomic mass is 35.5. The Morgan fingerprint density at radius 2 is 1.82 bits per heavy atom. The van der Waals surface area contributed by atoms with Gasteiger partial charge in [0, 0.05) is 5.02 Å². The summed E-state index contributed by atoms with van der Waals surface area (Å²) in [5.41, 5.74) is 0.179. The monoisotopic (exact) mass is 253 g/mol. The van der Waals surface area contributed by atoms with E-state index in [0.29, 0.717) is 10.6 Å². The minimum absolute atomic E-state index is 0.203. The highest BCUT2D eigenvalue weighted by molar-refractivity contribution is 6.30. The van der Waals surface area contributed by atoms with Crippen molar-refractivity contribution < 1.29 is 8.98 Å². The molecule has 0 aliphatic rings. The Kier molecular flexibility index (Phi) is 2.85. The van der Waals surface area contributed by atoms with E-state index in [1.807, 2.05) is 0 Å². The van der Waals surface area contributed by atoms with Crippen LogP contribution in [0.4, 0.5) is 0 Å². The summed E-state index contributed by atoms with van der Waals surface area (Å²) < 4.78 is 7.24. The number of aromatic nitrogens is 2. The fourth-order valence-electron chi connectivity index (χ4n) is 1.45. The van der Waals surface area contributed by atoms with Crippen LogP contribution in [-0.4, -0.2) is 4.57 Å². The Hall–Kier alpha value is -1.88. The molecule has 1 aromatic carbocycles. The third-order valence-corrected chi connectivity index (χ3v) is 2.68. The number of benzene rings is 1. The number of hydrogen-bond acceptors (Lipinski definition) is 3. The third-order valence-electron chi connectivity index (χ3n) is 2.43. The van der Waals surface area contributed by atoms with Gasteiger partial charge in [-0.2, -0.15) is 14.2 Å². The molecule has 5 nitrogen and oxygen atoms in total. The van der Waals surface area contributed by atoms with Crippen molar-refractivity contribution in [3.05, 3.63) is 50.3 Å². The molecule has 0 spiro atoms. The first-order valence-corrected chi connectivity index (χ1v) is 5.24. The van der Waals surface area contributed by atoms with Crippen LogP contribution in [0.2, 0.25) is 5.02 Å². The van der Waals surface area contributed by atoms with Gasteiger partial charge in [0.25, 0.3) is 0 Å². The second kappa shape index (κ2) is 4.18. The third kappa shape index (κ3) is 2.01. The smallest absolute Gasteiger partial charge is 0.353 e. The van der Waals surface area contributed by atoms with Crippen molar-refractivity contribution in [2.24, 2.45) is 14.1 Å². The summed E-state index contributed by atoms with van der Waals surface area (Å²) in [5, 5.41) is 0.572. The molecule has 0 radical (unpaired) electrons. The molecule has 0 atom stereocenters. The van der Waals surface area contributed by atoms with Crippen molar-refractivity contribution in [3.63, 3.8) is 0 Å². The van der Waals surface area contributed by atoms with Crippen molar-refractivity contribution in [1.29, 1.82) is 0 Å². The molecule has 1 heterocycles. The molecule has 0 fully saturated rings. The Morgan fingerprint density at radius 3 is 2.41 bits per heavy atom. The van der Waals surface area contributed by atoms with Crippen LogP contribution in [0.5, 0.6) is 0 Å². The van der Waals surface area contributed by atoms with Crippen LogP contribution >= 0.6 is 11.6 Å². The SMILES string of the molecule is Cn1c(=O)oc(-c2ccc(Cl)cc2)[n+](C)c1=O. The van der Waals surface area contributed by atoms with Crippen LogP contribution in [0.15, 0.2) is 38.3 Å². The van der Waals surface area contributed by atoms with Gasteiger partial charge in [-0.15, -0.1) is 4.57 Å². The summed E-state index contributed by atoms with van der Waals surface area (Å²) in [6, 6.07) is 6.68. The Labute approximate surface area is 102 Å². The maximum absolute atomic E-state index is 11.7. The Balaban J connectivity index is 2.73. The van der Waals surface area contributed by atoms with Crippen molar-refractivity contribution in [3.8, 4) is 11.5 Å². The van der Waals surface area contributed by atoms with Crippen molar-refractivity contribution in [2.45, 2.75) is 0 Å². The molecule has 0 aliphatic carbocycles. The lowest BCUT2D eigenvalue weighted by Crippen LogP contribution is -2.55. The Bertz CT molecular complexity index is 671. The minimum Gasteiger partial charge on any atom is -0.353 e.